The fourth-order valence-corrected chi connectivity index (χ4v) is 4.96. The Balaban J connectivity index is 0.000000165. The predicted octanol–water partition coefficient (Wildman–Crippen LogP) is 10.3. The fraction of sp³-hybridized carbons (Fsp3) is 0.250. The van der Waals surface area contributed by atoms with Crippen LogP contribution in [0.5, 0.6) is 0 Å². The maximum absolute atomic E-state index is 3.51. The molecular weight excluding hydrogens is 444 g/mol. The molecule has 0 aliphatic carbocycles. The summed E-state index contributed by atoms with van der Waals surface area (Å²) in [6.07, 6.45) is 6.37. The zero-order valence-electron chi connectivity index (χ0n) is 21.6. The van der Waals surface area contributed by atoms with Gasteiger partial charge in [-0.25, -0.2) is 0 Å². The van der Waals surface area contributed by atoms with E-state index >= 15 is 0 Å². The van der Waals surface area contributed by atoms with Gasteiger partial charge in [-0.3, -0.25) is 0 Å². The number of fused-ring (bicyclic) bond motifs is 2. The van der Waals surface area contributed by atoms with E-state index in [2.05, 4.69) is 129 Å². The van der Waals surface area contributed by atoms with Gasteiger partial charge in [-0.05, 0) is 88.9 Å². The first-order valence-electron chi connectivity index (χ1n) is 12.5. The first-order valence-corrected chi connectivity index (χ1v) is 13.4. The molecule has 35 heavy (non-hydrogen) atoms. The van der Waals surface area contributed by atoms with Crippen LogP contribution in [0.2, 0.25) is 0 Å². The van der Waals surface area contributed by atoms with E-state index in [1.807, 2.05) is 6.92 Å². The first-order chi connectivity index (χ1) is 16.9. The van der Waals surface area contributed by atoms with Crippen molar-refractivity contribution in [3.8, 4) is 10.4 Å². The average Bonchev–Trinajstić information content (AvgIpc) is 3.61. The van der Waals surface area contributed by atoms with Crippen molar-refractivity contribution in [3.05, 3.63) is 101 Å². The Morgan fingerprint density at radius 1 is 0.771 bits per heavy atom. The molecule has 3 aromatic heterocycles. The molecule has 3 heterocycles. The molecule has 0 bridgehead atoms. The van der Waals surface area contributed by atoms with E-state index in [1.54, 1.807) is 11.3 Å². The number of allylic oxidation sites excluding steroid dienone is 4. The first kappa shape index (κ1) is 24.8. The van der Waals surface area contributed by atoms with Gasteiger partial charge in [-0.1, -0.05) is 76.3 Å². The Bertz CT molecular complexity index is 1460. The molecule has 0 fully saturated rings. The Labute approximate surface area is 213 Å². The third-order valence-electron chi connectivity index (χ3n) is 6.33. The normalized spacial score (nSPS) is 12.3. The Morgan fingerprint density at radius 2 is 1.40 bits per heavy atom. The van der Waals surface area contributed by atoms with Gasteiger partial charge < -0.3 is 9.97 Å². The van der Waals surface area contributed by atoms with Crippen molar-refractivity contribution in [2.24, 2.45) is 0 Å². The number of aromatic nitrogens is 2. The van der Waals surface area contributed by atoms with Crippen LogP contribution in [0.25, 0.3) is 37.8 Å². The van der Waals surface area contributed by atoms with Crippen molar-refractivity contribution in [2.45, 2.75) is 53.4 Å². The summed E-state index contributed by atoms with van der Waals surface area (Å²) in [5.41, 5.74) is 8.89. The van der Waals surface area contributed by atoms with Crippen molar-refractivity contribution >= 4 is 38.7 Å². The minimum atomic E-state index is 0.539. The highest BCUT2D eigenvalue weighted by atomic mass is 32.1. The summed E-state index contributed by atoms with van der Waals surface area (Å²) in [5, 5.41) is 4.71. The molecule has 2 N–H and O–H groups in total. The Hall–Kier alpha value is -3.30. The van der Waals surface area contributed by atoms with Crippen LogP contribution in [0.15, 0.2) is 84.3 Å². The lowest BCUT2D eigenvalue weighted by molar-refractivity contribution is 0.836. The average molecular weight is 481 g/mol. The molecule has 0 aliphatic rings. The lowest BCUT2D eigenvalue weighted by Gasteiger charge is -2.02. The summed E-state index contributed by atoms with van der Waals surface area (Å²) in [7, 11) is 0. The molecule has 0 unspecified atom stereocenters. The third kappa shape index (κ3) is 5.68. The standard InChI is InChI=1S/C17H21N.C15H15NS/c1-5-7-13(6-2)14-8-9-15-11-16(12(3)4)18-17(15)10-14;1-10(2)13-8-11-5-6-12(9-14(11)16-13)15-4-3-7-17-15/h5-12,18H,1-4H3;3-10,16H,1-2H3/b7-5-,13-6+;. The van der Waals surface area contributed by atoms with Gasteiger partial charge in [0.05, 0.1) is 0 Å². The second-order valence-electron chi connectivity index (χ2n) is 9.58. The highest BCUT2D eigenvalue weighted by Crippen LogP contribution is 2.29. The van der Waals surface area contributed by atoms with E-state index in [4.69, 9.17) is 0 Å². The van der Waals surface area contributed by atoms with Crippen molar-refractivity contribution in [1.82, 2.24) is 9.97 Å². The quantitative estimate of drug-likeness (QED) is 0.234. The van der Waals surface area contributed by atoms with Crippen molar-refractivity contribution in [1.29, 1.82) is 0 Å². The van der Waals surface area contributed by atoms with Crippen molar-refractivity contribution in [3.63, 3.8) is 0 Å². The van der Waals surface area contributed by atoms with Gasteiger partial charge in [0, 0.05) is 27.3 Å². The van der Waals surface area contributed by atoms with Crippen LogP contribution in [-0.4, -0.2) is 9.97 Å². The summed E-state index contributed by atoms with van der Waals surface area (Å²) in [5.74, 6) is 1.09. The molecule has 0 amide bonds. The highest BCUT2D eigenvalue weighted by molar-refractivity contribution is 7.13. The number of hydrogen-bond donors (Lipinski definition) is 2. The van der Waals surface area contributed by atoms with E-state index in [-0.39, 0.29) is 0 Å². The van der Waals surface area contributed by atoms with Gasteiger partial charge in [0.15, 0.2) is 0 Å². The molecule has 0 atom stereocenters. The van der Waals surface area contributed by atoms with Crippen LogP contribution in [-0.2, 0) is 0 Å². The fourth-order valence-electron chi connectivity index (χ4n) is 4.24. The number of thiophene rings is 1. The maximum atomic E-state index is 3.51. The van der Waals surface area contributed by atoms with Gasteiger partial charge in [-0.2, -0.15) is 0 Å². The summed E-state index contributed by atoms with van der Waals surface area (Å²) in [6.45, 7) is 13.0. The molecule has 0 spiro atoms. The van der Waals surface area contributed by atoms with E-state index < -0.39 is 0 Å². The van der Waals surface area contributed by atoms with E-state index in [0.29, 0.717) is 11.8 Å². The zero-order chi connectivity index (χ0) is 24.9. The number of rotatable bonds is 5. The molecule has 5 aromatic rings. The lowest BCUT2D eigenvalue weighted by Crippen LogP contribution is -1.85. The number of hydrogen-bond acceptors (Lipinski definition) is 1. The summed E-state index contributed by atoms with van der Waals surface area (Å²) in [4.78, 5) is 8.33. The maximum Gasteiger partial charge on any atom is 0.0462 e. The monoisotopic (exact) mass is 480 g/mol. The molecule has 5 rings (SSSR count). The van der Waals surface area contributed by atoms with E-state index in [0.717, 1.165) is 0 Å². The number of H-pyrrole nitrogens is 2. The molecule has 180 valence electrons. The van der Waals surface area contributed by atoms with Crippen LogP contribution in [0.3, 0.4) is 0 Å². The number of aromatic amines is 2. The van der Waals surface area contributed by atoms with E-state index in [1.165, 1.54) is 54.8 Å². The largest absolute Gasteiger partial charge is 0.358 e. The lowest BCUT2D eigenvalue weighted by atomic mass is 10.0. The van der Waals surface area contributed by atoms with Gasteiger partial charge in [0.25, 0.3) is 0 Å². The second kappa shape index (κ2) is 11.0. The van der Waals surface area contributed by atoms with Gasteiger partial charge in [0.1, 0.15) is 0 Å². The van der Waals surface area contributed by atoms with E-state index in [9.17, 15) is 0 Å². The van der Waals surface area contributed by atoms with Crippen molar-refractivity contribution in [2.75, 3.05) is 0 Å². The molecule has 2 aromatic carbocycles. The minimum absolute atomic E-state index is 0.539. The van der Waals surface area contributed by atoms with Crippen LogP contribution in [0.1, 0.15) is 70.3 Å². The smallest absolute Gasteiger partial charge is 0.0462 e. The molecular formula is C32H36N2S. The highest BCUT2D eigenvalue weighted by Gasteiger charge is 2.07. The summed E-state index contributed by atoms with van der Waals surface area (Å²) in [6, 6.07) is 22.0. The van der Waals surface area contributed by atoms with Gasteiger partial charge in [0.2, 0.25) is 0 Å². The van der Waals surface area contributed by atoms with Crippen LogP contribution in [0.4, 0.5) is 0 Å². The molecule has 0 radical (unpaired) electrons. The Morgan fingerprint density at radius 3 is 1.94 bits per heavy atom. The van der Waals surface area contributed by atoms with Crippen LogP contribution >= 0.6 is 11.3 Å². The molecule has 0 aliphatic heterocycles. The third-order valence-corrected chi connectivity index (χ3v) is 7.25. The number of benzene rings is 2. The van der Waals surface area contributed by atoms with Crippen LogP contribution in [0, 0.1) is 0 Å². The number of nitrogens with one attached hydrogen (secondary N) is 2. The topological polar surface area (TPSA) is 31.6 Å². The predicted molar refractivity (Wildman–Crippen MR) is 157 cm³/mol. The van der Waals surface area contributed by atoms with Gasteiger partial charge >= 0.3 is 0 Å². The Kier molecular flexibility index (Phi) is 7.77. The SMILES string of the molecule is C/C=C\C(=C/C)c1ccc2cc(C(C)C)[nH]c2c1.CC(C)c1cc2ccc(-c3cccs3)cc2[nH]1. The molecule has 2 nitrogen and oxygen atoms in total. The molecule has 3 heteroatoms. The summed E-state index contributed by atoms with van der Waals surface area (Å²) >= 11 is 1.78. The molecule has 0 saturated carbocycles. The minimum Gasteiger partial charge on any atom is -0.358 e. The summed E-state index contributed by atoms with van der Waals surface area (Å²) < 4.78 is 0. The zero-order valence-corrected chi connectivity index (χ0v) is 22.5. The van der Waals surface area contributed by atoms with Crippen LogP contribution < -0.4 is 0 Å². The van der Waals surface area contributed by atoms with Crippen molar-refractivity contribution < 1.29 is 0 Å². The second-order valence-corrected chi connectivity index (χ2v) is 10.5. The van der Waals surface area contributed by atoms with Gasteiger partial charge in [-0.15, -0.1) is 11.3 Å². The molecule has 0 saturated heterocycles.